The molecule has 1 atom stereocenters. The standard InChI is InChI=1S/C28H34BrNO/c1-20(2)28(30,21(3)4)18-26(23-13-9-6-10-14-23)25-17-24(29)15-16-27(25)31-19-22-11-7-5-8-12-22/h5-17,20-21,26H,18-19,30H2,1-4H3. The Balaban J connectivity index is 2.03. The van der Waals surface area contributed by atoms with Crippen LogP contribution < -0.4 is 10.5 Å². The van der Waals surface area contributed by atoms with Gasteiger partial charge in [0.2, 0.25) is 0 Å². The Hall–Kier alpha value is -2.10. The van der Waals surface area contributed by atoms with Crippen LogP contribution in [0.2, 0.25) is 0 Å². The van der Waals surface area contributed by atoms with Crippen molar-refractivity contribution in [2.24, 2.45) is 17.6 Å². The second-order valence-corrected chi connectivity index (χ2v) is 9.96. The summed E-state index contributed by atoms with van der Waals surface area (Å²) < 4.78 is 7.40. The number of nitrogens with two attached hydrogens (primary N) is 1. The molecule has 0 radical (unpaired) electrons. The summed E-state index contributed by atoms with van der Waals surface area (Å²) in [6, 6.07) is 27.3. The highest BCUT2D eigenvalue weighted by Gasteiger charge is 2.37. The maximum absolute atomic E-state index is 7.06. The minimum absolute atomic E-state index is 0.138. The van der Waals surface area contributed by atoms with Gasteiger partial charge in [0.25, 0.3) is 0 Å². The predicted molar refractivity (Wildman–Crippen MR) is 134 cm³/mol. The van der Waals surface area contributed by atoms with E-state index in [1.807, 2.05) is 24.3 Å². The van der Waals surface area contributed by atoms with E-state index in [0.717, 1.165) is 22.2 Å². The molecular formula is C28H34BrNO. The third-order valence-corrected chi connectivity index (χ3v) is 6.99. The van der Waals surface area contributed by atoms with E-state index in [4.69, 9.17) is 10.5 Å². The Morgan fingerprint density at radius 2 is 1.42 bits per heavy atom. The molecule has 0 aliphatic carbocycles. The summed E-state index contributed by atoms with van der Waals surface area (Å²) in [7, 11) is 0. The van der Waals surface area contributed by atoms with Crippen LogP contribution in [0.5, 0.6) is 5.75 Å². The number of ether oxygens (including phenoxy) is 1. The van der Waals surface area contributed by atoms with Gasteiger partial charge in [-0.2, -0.15) is 0 Å². The van der Waals surface area contributed by atoms with Gasteiger partial charge < -0.3 is 10.5 Å². The molecule has 31 heavy (non-hydrogen) atoms. The van der Waals surface area contributed by atoms with Gasteiger partial charge in [0.1, 0.15) is 12.4 Å². The van der Waals surface area contributed by atoms with Gasteiger partial charge >= 0.3 is 0 Å². The quantitative estimate of drug-likeness (QED) is 0.343. The Labute approximate surface area is 196 Å². The zero-order valence-electron chi connectivity index (χ0n) is 19.0. The molecule has 0 bridgehead atoms. The molecule has 2 nitrogen and oxygen atoms in total. The van der Waals surface area contributed by atoms with Gasteiger partial charge in [-0.1, -0.05) is 104 Å². The van der Waals surface area contributed by atoms with Crippen LogP contribution in [0.25, 0.3) is 0 Å². The average Bonchev–Trinajstić information content (AvgIpc) is 2.77. The molecule has 2 N–H and O–H groups in total. The van der Waals surface area contributed by atoms with Crippen LogP contribution in [0, 0.1) is 11.8 Å². The fraction of sp³-hybridized carbons (Fsp3) is 0.357. The van der Waals surface area contributed by atoms with E-state index in [9.17, 15) is 0 Å². The van der Waals surface area contributed by atoms with Crippen molar-refractivity contribution in [3.05, 3.63) is 100 Å². The molecule has 3 rings (SSSR count). The average molecular weight is 480 g/mol. The first-order chi connectivity index (χ1) is 14.8. The minimum atomic E-state index is -0.292. The first-order valence-corrected chi connectivity index (χ1v) is 11.9. The lowest BCUT2D eigenvalue weighted by atomic mass is 9.69. The first-order valence-electron chi connectivity index (χ1n) is 11.1. The summed E-state index contributed by atoms with van der Waals surface area (Å²) in [5, 5.41) is 0. The van der Waals surface area contributed by atoms with Gasteiger partial charge in [-0.15, -0.1) is 0 Å². The van der Waals surface area contributed by atoms with E-state index in [1.165, 1.54) is 11.1 Å². The van der Waals surface area contributed by atoms with Crippen molar-refractivity contribution in [3.63, 3.8) is 0 Å². The van der Waals surface area contributed by atoms with Crippen LogP contribution >= 0.6 is 15.9 Å². The monoisotopic (exact) mass is 479 g/mol. The third kappa shape index (κ3) is 5.78. The third-order valence-electron chi connectivity index (χ3n) is 6.49. The highest BCUT2D eigenvalue weighted by atomic mass is 79.9. The number of benzene rings is 3. The van der Waals surface area contributed by atoms with Gasteiger partial charge in [-0.3, -0.25) is 0 Å². The van der Waals surface area contributed by atoms with Crippen molar-refractivity contribution < 1.29 is 4.74 Å². The van der Waals surface area contributed by atoms with Gasteiger partial charge in [0.15, 0.2) is 0 Å². The lowest BCUT2D eigenvalue weighted by Gasteiger charge is -2.41. The number of hydrogen-bond acceptors (Lipinski definition) is 2. The van der Waals surface area contributed by atoms with E-state index in [1.54, 1.807) is 0 Å². The van der Waals surface area contributed by atoms with Crippen molar-refractivity contribution in [1.82, 2.24) is 0 Å². The van der Waals surface area contributed by atoms with E-state index < -0.39 is 0 Å². The molecule has 1 unspecified atom stereocenters. The lowest BCUT2D eigenvalue weighted by molar-refractivity contribution is 0.198. The Morgan fingerprint density at radius 3 is 2.00 bits per heavy atom. The summed E-state index contributed by atoms with van der Waals surface area (Å²) in [5.74, 6) is 1.77. The SMILES string of the molecule is CC(C)C(N)(CC(c1ccccc1)c1cc(Br)ccc1OCc1ccccc1)C(C)C. The predicted octanol–water partition coefficient (Wildman–Crippen LogP) is 7.56. The van der Waals surface area contributed by atoms with Crippen LogP contribution in [0.4, 0.5) is 0 Å². The minimum Gasteiger partial charge on any atom is -0.489 e. The fourth-order valence-corrected chi connectivity index (χ4v) is 4.62. The van der Waals surface area contributed by atoms with Gasteiger partial charge in [-0.25, -0.2) is 0 Å². The van der Waals surface area contributed by atoms with Crippen molar-refractivity contribution in [2.45, 2.75) is 52.2 Å². The van der Waals surface area contributed by atoms with Gasteiger partial charge in [-0.05, 0) is 47.6 Å². The van der Waals surface area contributed by atoms with Crippen LogP contribution in [0.3, 0.4) is 0 Å². The van der Waals surface area contributed by atoms with Gasteiger partial charge in [0, 0.05) is 21.5 Å². The first kappa shape index (κ1) is 23.6. The largest absolute Gasteiger partial charge is 0.489 e. The normalized spacial score (nSPS) is 12.9. The number of halogens is 1. The van der Waals surface area contributed by atoms with Crippen molar-refractivity contribution in [1.29, 1.82) is 0 Å². The van der Waals surface area contributed by atoms with E-state index in [-0.39, 0.29) is 11.5 Å². The molecule has 0 heterocycles. The molecular weight excluding hydrogens is 446 g/mol. The smallest absolute Gasteiger partial charge is 0.123 e. The molecule has 0 spiro atoms. The van der Waals surface area contributed by atoms with Crippen LogP contribution in [-0.4, -0.2) is 5.54 Å². The lowest BCUT2D eigenvalue weighted by Crippen LogP contribution is -2.51. The van der Waals surface area contributed by atoms with Crippen LogP contribution in [-0.2, 0) is 6.61 Å². The van der Waals surface area contributed by atoms with Gasteiger partial charge in [0.05, 0.1) is 0 Å². The fourth-order valence-electron chi connectivity index (χ4n) is 4.24. The molecule has 3 aromatic carbocycles. The van der Waals surface area contributed by atoms with E-state index >= 15 is 0 Å². The van der Waals surface area contributed by atoms with Crippen LogP contribution in [0.1, 0.15) is 56.7 Å². The summed E-state index contributed by atoms with van der Waals surface area (Å²) in [5.41, 5.74) is 10.4. The zero-order valence-corrected chi connectivity index (χ0v) is 20.6. The molecule has 164 valence electrons. The highest BCUT2D eigenvalue weighted by Crippen LogP contribution is 2.42. The number of hydrogen-bond donors (Lipinski definition) is 1. The second-order valence-electron chi connectivity index (χ2n) is 9.05. The Kier molecular flexibility index (Phi) is 7.96. The molecule has 0 saturated carbocycles. The molecule has 3 heteroatoms. The van der Waals surface area contributed by atoms with Crippen LogP contribution in [0.15, 0.2) is 83.3 Å². The highest BCUT2D eigenvalue weighted by molar-refractivity contribution is 9.10. The summed E-state index contributed by atoms with van der Waals surface area (Å²) in [6.07, 6.45) is 0.852. The Morgan fingerprint density at radius 1 is 0.839 bits per heavy atom. The van der Waals surface area contributed by atoms with Crippen molar-refractivity contribution in [2.75, 3.05) is 0 Å². The molecule has 0 aliphatic heterocycles. The molecule has 0 aromatic heterocycles. The topological polar surface area (TPSA) is 35.2 Å². The zero-order chi connectivity index (χ0) is 22.4. The maximum atomic E-state index is 7.06. The second kappa shape index (κ2) is 10.5. The number of rotatable bonds is 9. The molecule has 0 fully saturated rings. The van der Waals surface area contributed by atoms with Crippen molar-refractivity contribution >= 4 is 15.9 Å². The van der Waals surface area contributed by atoms with Crippen molar-refractivity contribution in [3.8, 4) is 5.75 Å². The summed E-state index contributed by atoms with van der Waals surface area (Å²) >= 11 is 3.68. The molecule has 3 aromatic rings. The van der Waals surface area contributed by atoms with E-state index in [0.29, 0.717) is 18.4 Å². The molecule has 0 aliphatic rings. The summed E-state index contributed by atoms with van der Waals surface area (Å²) in [4.78, 5) is 0. The summed E-state index contributed by atoms with van der Waals surface area (Å²) in [6.45, 7) is 9.47. The molecule has 0 saturated heterocycles. The maximum Gasteiger partial charge on any atom is 0.123 e. The Bertz CT molecular complexity index is 945. The molecule has 0 amide bonds. The van der Waals surface area contributed by atoms with E-state index in [2.05, 4.69) is 98.2 Å².